The number of hydrogen-bond donors (Lipinski definition) is 2. The fourth-order valence-corrected chi connectivity index (χ4v) is 2.71. The first-order chi connectivity index (χ1) is 10.1. The van der Waals surface area contributed by atoms with Crippen molar-refractivity contribution >= 4 is 5.91 Å². The molecule has 1 aromatic carbocycles. The van der Waals surface area contributed by atoms with E-state index in [2.05, 4.69) is 5.32 Å². The second-order valence-electron chi connectivity index (χ2n) is 6.00. The lowest BCUT2D eigenvalue weighted by molar-refractivity contribution is -0.121. The first-order valence-electron chi connectivity index (χ1n) is 7.85. The maximum Gasteiger partial charge on any atom is 0.223 e. The van der Waals surface area contributed by atoms with Gasteiger partial charge in [-0.3, -0.25) is 4.79 Å². The van der Waals surface area contributed by atoms with Crippen molar-refractivity contribution in [1.29, 1.82) is 0 Å². The summed E-state index contributed by atoms with van der Waals surface area (Å²) in [5.41, 5.74) is 7.04. The van der Waals surface area contributed by atoms with Crippen molar-refractivity contribution < 1.29 is 9.53 Å². The lowest BCUT2D eigenvalue weighted by Crippen LogP contribution is -2.34. The minimum absolute atomic E-state index is 0.0672. The van der Waals surface area contributed by atoms with Gasteiger partial charge in [0.1, 0.15) is 5.75 Å². The van der Waals surface area contributed by atoms with Crippen molar-refractivity contribution in [2.24, 2.45) is 11.7 Å². The molecule has 2 rings (SSSR count). The van der Waals surface area contributed by atoms with E-state index in [9.17, 15) is 4.79 Å². The average molecular weight is 290 g/mol. The number of nitrogens with one attached hydrogen (secondary N) is 1. The molecular weight excluding hydrogens is 264 g/mol. The zero-order chi connectivity index (χ0) is 15.1. The molecule has 21 heavy (non-hydrogen) atoms. The summed E-state index contributed by atoms with van der Waals surface area (Å²) in [4.78, 5) is 11.8. The molecule has 0 heterocycles. The minimum atomic E-state index is 0.0672. The molecule has 1 amide bonds. The molecule has 0 atom stereocenters. The molecule has 1 saturated carbocycles. The molecule has 0 radical (unpaired) electrons. The van der Waals surface area contributed by atoms with Gasteiger partial charge in [-0.1, -0.05) is 12.1 Å². The number of ether oxygens (including phenoxy) is 1. The third-order valence-electron chi connectivity index (χ3n) is 4.07. The highest BCUT2D eigenvalue weighted by molar-refractivity contribution is 5.75. The Kier molecular flexibility index (Phi) is 6.05. The number of rotatable bonds is 6. The summed E-state index contributed by atoms with van der Waals surface area (Å²) in [7, 11) is 0. The highest BCUT2D eigenvalue weighted by atomic mass is 16.5. The Bertz CT molecular complexity index is 454. The van der Waals surface area contributed by atoms with Gasteiger partial charge in [0.05, 0.1) is 13.0 Å². The Morgan fingerprint density at radius 1 is 1.33 bits per heavy atom. The van der Waals surface area contributed by atoms with Crippen LogP contribution in [0.1, 0.15) is 37.7 Å². The summed E-state index contributed by atoms with van der Waals surface area (Å²) in [6.07, 6.45) is 4.82. The van der Waals surface area contributed by atoms with E-state index >= 15 is 0 Å². The maximum absolute atomic E-state index is 11.8. The van der Waals surface area contributed by atoms with Gasteiger partial charge in [-0.05, 0) is 56.2 Å². The van der Waals surface area contributed by atoms with Gasteiger partial charge in [-0.15, -0.1) is 0 Å². The maximum atomic E-state index is 11.8. The molecule has 3 N–H and O–H groups in total. The van der Waals surface area contributed by atoms with E-state index in [1.54, 1.807) is 0 Å². The van der Waals surface area contributed by atoms with Crippen LogP contribution in [-0.2, 0) is 4.79 Å². The third-order valence-corrected chi connectivity index (χ3v) is 4.07. The van der Waals surface area contributed by atoms with Gasteiger partial charge >= 0.3 is 0 Å². The second-order valence-corrected chi connectivity index (χ2v) is 6.00. The highest BCUT2D eigenvalue weighted by Gasteiger charge is 2.18. The lowest BCUT2D eigenvalue weighted by Gasteiger charge is -2.26. The van der Waals surface area contributed by atoms with E-state index in [1.807, 2.05) is 31.2 Å². The van der Waals surface area contributed by atoms with Gasteiger partial charge in [0, 0.05) is 12.6 Å². The van der Waals surface area contributed by atoms with Crippen LogP contribution >= 0.6 is 0 Å². The van der Waals surface area contributed by atoms with E-state index in [-0.39, 0.29) is 5.91 Å². The molecule has 0 unspecified atom stereocenters. The quantitative estimate of drug-likeness (QED) is 0.845. The summed E-state index contributed by atoms with van der Waals surface area (Å²) in [5.74, 6) is 1.48. The van der Waals surface area contributed by atoms with E-state index in [4.69, 9.17) is 10.5 Å². The van der Waals surface area contributed by atoms with Crippen LogP contribution in [0, 0.1) is 12.8 Å². The number of aryl methyl sites for hydroxylation is 1. The normalized spacial score (nSPS) is 21.8. The summed E-state index contributed by atoms with van der Waals surface area (Å²) >= 11 is 0. The van der Waals surface area contributed by atoms with Crippen molar-refractivity contribution in [2.45, 2.75) is 45.1 Å². The predicted molar refractivity (Wildman–Crippen MR) is 84.2 cm³/mol. The SMILES string of the molecule is Cc1cccc(OCCC(=O)NCC2CCC(N)CC2)c1. The smallest absolute Gasteiger partial charge is 0.223 e. The number of carbonyl (C=O) groups excluding carboxylic acids is 1. The summed E-state index contributed by atoms with van der Waals surface area (Å²) in [6, 6.07) is 8.23. The van der Waals surface area contributed by atoms with Gasteiger partial charge in [0.25, 0.3) is 0 Å². The molecule has 1 fully saturated rings. The molecule has 0 aliphatic heterocycles. The third kappa shape index (κ3) is 5.76. The van der Waals surface area contributed by atoms with E-state index in [0.29, 0.717) is 25.0 Å². The summed E-state index contributed by atoms with van der Waals surface area (Å²) in [6.45, 7) is 3.22. The van der Waals surface area contributed by atoms with Crippen molar-refractivity contribution in [3.05, 3.63) is 29.8 Å². The predicted octanol–water partition coefficient (Wildman–Crippen LogP) is 2.40. The molecular formula is C17H26N2O2. The zero-order valence-corrected chi connectivity index (χ0v) is 12.8. The lowest BCUT2D eigenvalue weighted by atomic mass is 9.86. The number of hydrogen-bond acceptors (Lipinski definition) is 3. The Hall–Kier alpha value is -1.55. The Balaban J connectivity index is 1.59. The number of amides is 1. The minimum Gasteiger partial charge on any atom is -0.493 e. The van der Waals surface area contributed by atoms with Crippen LogP contribution in [0.2, 0.25) is 0 Å². The van der Waals surface area contributed by atoms with Crippen LogP contribution in [0.5, 0.6) is 5.75 Å². The van der Waals surface area contributed by atoms with Gasteiger partial charge in [-0.2, -0.15) is 0 Å². The molecule has 0 saturated heterocycles. The van der Waals surface area contributed by atoms with Crippen LogP contribution in [0.4, 0.5) is 0 Å². The van der Waals surface area contributed by atoms with Crippen molar-refractivity contribution in [1.82, 2.24) is 5.32 Å². The first-order valence-corrected chi connectivity index (χ1v) is 7.85. The highest BCUT2D eigenvalue weighted by Crippen LogP contribution is 2.22. The standard InChI is InChI=1S/C17H26N2O2/c1-13-3-2-4-16(11-13)21-10-9-17(20)19-12-14-5-7-15(18)8-6-14/h2-4,11,14-15H,5-10,12,18H2,1H3,(H,19,20). The van der Waals surface area contributed by atoms with Crippen LogP contribution in [0.25, 0.3) is 0 Å². The molecule has 1 aromatic rings. The fourth-order valence-electron chi connectivity index (χ4n) is 2.71. The Morgan fingerprint density at radius 3 is 2.81 bits per heavy atom. The number of nitrogens with two attached hydrogens (primary N) is 1. The first kappa shape index (κ1) is 15.8. The molecule has 0 aromatic heterocycles. The van der Waals surface area contributed by atoms with Crippen LogP contribution < -0.4 is 15.8 Å². The largest absolute Gasteiger partial charge is 0.493 e. The van der Waals surface area contributed by atoms with Crippen molar-refractivity contribution in [3.8, 4) is 5.75 Å². The Morgan fingerprint density at radius 2 is 2.10 bits per heavy atom. The van der Waals surface area contributed by atoms with Crippen molar-refractivity contribution in [2.75, 3.05) is 13.2 Å². The second kappa shape index (κ2) is 8.03. The van der Waals surface area contributed by atoms with Crippen LogP contribution in [-0.4, -0.2) is 25.1 Å². The molecule has 1 aliphatic carbocycles. The van der Waals surface area contributed by atoms with Crippen LogP contribution in [0.15, 0.2) is 24.3 Å². The van der Waals surface area contributed by atoms with E-state index < -0.39 is 0 Å². The molecule has 0 bridgehead atoms. The van der Waals surface area contributed by atoms with E-state index in [0.717, 1.165) is 43.5 Å². The molecule has 4 heteroatoms. The van der Waals surface area contributed by atoms with E-state index in [1.165, 1.54) is 0 Å². The topological polar surface area (TPSA) is 64.3 Å². The molecule has 1 aliphatic rings. The van der Waals surface area contributed by atoms with Crippen LogP contribution in [0.3, 0.4) is 0 Å². The van der Waals surface area contributed by atoms with Gasteiger partial charge in [0.15, 0.2) is 0 Å². The molecule has 0 spiro atoms. The summed E-state index contributed by atoms with van der Waals surface area (Å²) in [5, 5.41) is 3.01. The van der Waals surface area contributed by atoms with Crippen molar-refractivity contribution in [3.63, 3.8) is 0 Å². The summed E-state index contributed by atoms with van der Waals surface area (Å²) < 4.78 is 5.59. The van der Waals surface area contributed by atoms with Gasteiger partial charge in [-0.25, -0.2) is 0 Å². The van der Waals surface area contributed by atoms with Gasteiger partial charge in [0.2, 0.25) is 5.91 Å². The fraction of sp³-hybridized carbons (Fsp3) is 0.588. The molecule has 4 nitrogen and oxygen atoms in total. The molecule has 116 valence electrons. The monoisotopic (exact) mass is 290 g/mol. The number of benzene rings is 1. The van der Waals surface area contributed by atoms with Gasteiger partial charge < -0.3 is 15.8 Å². The Labute approximate surface area is 127 Å². The number of carbonyl (C=O) groups is 1. The average Bonchev–Trinajstić information content (AvgIpc) is 2.47. The zero-order valence-electron chi connectivity index (χ0n) is 12.8.